The van der Waals surface area contributed by atoms with Gasteiger partial charge >= 0.3 is 0 Å². The Kier molecular flexibility index (Phi) is 3.03. The van der Waals surface area contributed by atoms with Gasteiger partial charge in [-0.25, -0.2) is 0 Å². The van der Waals surface area contributed by atoms with E-state index in [1.807, 2.05) is 42.5 Å². The van der Waals surface area contributed by atoms with Crippen LogP contribution >= 0.6 is 0 Å². The normalized spacial score (nSPS) is 10.7. The van der Waals surface area contributed by atoms with Crippen LogP contribution in [0.25, 0.3) is 21.5 Å². The number of fused-ring (bicyclic) bond motifs is 3. The highest BCUT2D eigenvalue weighted by atomic mass is 16.5. The first-order valence-electron chi connectivity index (χ1n) is 6.31. The summed E-state index contributed by atoms with van der Waals surface area (Å²) in [5.41, 5.74) is 0.681. The molecular weight excluding hydrogens is 252 g/mol. The van der Waals surface area contributed by atoms with Crippen LogP contribution in [0.3, 0.4) is 0 Å². The molecule has 0 aliphatic carbocycles. The average molecular weight is 266 g/mol. The fraction of sp³-hybridized carbons (Fsp3) is 0.118. The first-order valence-corrected chi connectivity index (χ1v) is 6.31. The minimum Gasteiger partial charge on any atom is -0.493 e. The van der Waals surface area contributed by atoms with Gasteiger partial charge in [-0.15, -0.1) is 0 Å². The molecule has 0 spiro atoms. The molecule has 0 saturated heterocycles. The zero-order chi connectivity index (χ0) is 14.1. The second kappa shape index (κ2) is 4.85. The fourth-order valence-electron chi connectivity index (χ4n) is 2.64. The van der Waals surface area contributed by atoms with E-state index in [0.717, 1.165) is 27.8 Å². The van der Waals surface area contributed by atoms with Gasteiger partial charge in [0.05, 0.1) is 14.2 Å². The van der Waals surface area contributed by atoms with Gasteiger partial charge in [0, 0.05) is 10.9 Å². The van der Waals surface area contributed by atoms with Crippen molar-refractivity contribution in [1.82, 2.24) is 0 Å². The van der Waals surface area contributed by atoms with Crippen LogP contribution in [0, 0.1) is 0 Å². The second-order valence-electron chi connectivity index (χ2n) is 4.53. The van der Waals surface area contributed by atoms with Crippen molar-refractivity contribution >= 4 is 27.8 Å². The highest BCUT2D eigenvalue weighted by Crippen LogP contribution is 2.40. The predicted octanol–water partition coefficient (Wildman–Crippen LogP) is 3.82. The van der Waals surface area contributed by atoms with Crippen LogP contribution < -0.4 is 9.47 Å². The summed E-state index contributed by atoms with van der Waals surface area (Å²) < 4.78 is 10.9. The maximum atomic E-state index is 11.3. The maximum Gasteiger partial charge on any atom is 0.169 e. The molecule has 0 aliphatic rings. The molecule has 100 valence electrons. The second-order valence-corrected chi connectivity index (χ2v) is 4.53. The lowest BCUT2D eigenvalue weighted by Crippen LogP contribution is -1.93. The van der Waals surface area contributed by atoms with Gasteiger partial charge in [-0.3, -0.25) is 4.79 Å². The number of benzene rings is 3. The molecule has 0 amide bonds. The highest BCUT2D eigenvalue weighted by Gasteiger charge is 2.13. The van der Waals surface area contributed by atoms with Crippen molar-refractivity contribution in [2.24, 2.45) is 0 Å². The lowest BCUT2D eigenvalue weighted by molar-refractivity contribution is 0.112. The predicted molar refractivity (Wildman–Crippen MR) is 79.9 cm³/mol. The summed E-state index contributed by atoms with van der Waals surface area (Å²) in [4.78, 5) is 11.3. The van der Waals surface area contributed by atoms with E-state index in [4.69, 9.17) is 9.47 Å². The van der Waals surface area contributed by atoms with Gasteiger partial charge in [-0.1, -0.05) is 30.3 Å². The van der Waals surface area contributed by atoms with Crippen molar-refractivity contribution in [2.45, 2.75) is 0 Å². The minimum absolute atomic E-state index is 0.681. The summed E-state index contributed by atoms with van der Waals surface area (Å²) in [7, 11) is 3.24. The third-order valence-electron chi connectivity index (χ3n) is 3.52. The Morgan fingerprint density at radius 3 is 2.35 bits per heavy atom. The molecule has 3 aromatic rings. The molecule has 0 heterocycles. The number of methoxy groups -OCH3 is 2. The summed E-state index contributed by atoms with van der Waals surface area (Å²) in [5.74, 6) is 1.38. The number of rotatable bonds is 3. The molecule has 0 radical (unpaired) electrons. The van der Waals surface area contributed by atoms with E-state index >= 15 is 0 Å². The molecule has 3 nitrogen and oxygen atoms in total. The van der Waals surface area contributed by atoms with Gasteiger partial charge < -0.3 is 9.47 Å². The smallest absolute Gasteiger partial charge is 0.169 e. The molecule has 0 aromatic heterocycles. The Balaban J connectivity index is 2.57. The maximum absolute atomic E-state index is 11.3. The molecule has 3 heteroatoms. The van der Waals surface area contributed by atoms with Gasteiger partial charge in [0.2, 0.25) is 0 Å². The van der Waals surface area contributed by atoms with Crippen molar-refractivity contribution in [3.8, 4) is 11.5 Å². The topological polar surface area (TPSA) is 35.5 Å². The molecule has 20 heavy (non-hydrogen) atoms. The number of carbonyl (C=O) groups excluding carboxylic acids is 1. The van der Waals surface area contributed by atoms with Gasteiger partial charge in [0.25, 0.3) is 0 Å². The van der Waals surface area contributed by atoms with Crippen molar-refractivity contribution in [3.63, 3.8) is 0 Å². The first-order chi connectivity index (χ1) is 9.80. The van der Waals surface area contributed by atoms with Crippen LogP contribution in [0.15, 0.2) is 42.5 Å². The Labute approximate surface area is 116 Å². The van der Waals surface area contributed by atoms with E-state index in [1.54, 1.807) is 14.2 Å². The molecule has 3 rings (SSSR count). The SMILES string of the molecule is COc1ccc2cc(C=O)c3ccccc3c2c1OC. The van der Waals surface area contributed by atoms with Gasteiger partial charge in [0.1, 0.15) is 0 Å². The molecule has 0 unspecified atom stereocenters. The minimum atomic E-state index is 0.681. The van der Waals surface area contributed by atoms with Crippen LogP contribution in [0.2, 0.25) is 0 Å². The molecule has 0 atom stereocenters. The Hall–Kier alpha value is -2.55. The molecule has 0 aliphatic heterocycles. The molecule has 0 fully saturated rings. The van der Waals surface area contributed by atoms with Crippen molar-refractivity contribution in [2.75, 3.05) is 14.2 Å². The third-order valence-corrected chi connectivity index (χ3v) is 3.52. The van der Waals surface area contributed by atoms with E-state index < -0.39 is 0 Å². The lowest BCUT2D eigenvalue weighted by atomic mass is 9.97. The van der Waals surface area contributed by atoms with Crippen molar-refractivity contribution in [3.05, 3.63) is 48.0 Å². The Morgan fingerprint density at radius 2 is 1.70 bits per heavy atom. The summed E-state index contributed by atoms with van der Waals surface area (Å²) in [6.45, 7) is 0. The number of aldehydes is 1. The quantitative estimate of drug-likeness (QED) is 0.534. The standard InChI is InChI=1S/C17H14O3/c1-19-15-8-7-11-9-12(10-18)13-5-3-4-6-14(13)16(11)17(15)20-2/h3-10H,1-2H3. The zero-order valence-electron chi connectivity index (χ0n) is 11.3. The third kappa shape index (κ3) is 1.71. The highest BCUT2D eigenvalue weighted by molar-refractivity contribution is 6.16. The molecule has 0 saturated carbocycles. The first kappa shape index (κ1) is 12.5. The molecule has 3 aromatic carbocycles. The van der Waals surface area contributed by atoms with E-state index in [0.29, 0.717) is 17.1 Å². The fourth-order valence-corrected chi connectivity index (χ4v) is 2.64. The largest absolute Gasteiger partial charge is 0.493 e. The summed E-state index contributed by atoms with van der Waals surface area (Å²) in [5, 5.41) is 3.83. The number of hydrogen-bond donors (Lipinski definition) is 0. The van der Waals surface area contributed by atoms with E-state index in [1.165, 1.54) is 0 Å². The van der Waals surface area contributed by atoms with Gasteiger partial charge in [-0.05, 0) is 28.3 Å². The van der Waals surface area contributed by atoms with Gasteiger partial charge in [0.15, 0.2) is 17.8 Å². The van der Waals surface area contributed by atoms with Crippen LogP contribution in [0.5, 0.6) is 11.5 Å². The van der Waals surface area contributed by atoms with Crippen LogP contribution in [-0.4, -0.2) is 20.5 Å². The average Bonchev–Trinajstić information content (AvgIpc) is 2.52. The number of hydrogen-bond acceptors (Lipinski definition) is 3. The Bertz CT molecular complexity index is 806. The monoisotopic (exact) mass is 266 g/mol. The van der Waals surface area contributed by atoms with Crippen LogP contribution in [0.1, 0.15) is 10.4 Å². The van der Waals surface area contributed by atoms with Crippen LogP contribution in [-0.2, 0) is 0 Å². The molecule has 0 bridgehead atoms. The van der Waals surface area contributed by atoms with Crippen molar-refractivity contribution in [1.29, 1.82) is 0 Å². The number of ether oxygens (including phenoxy) is 2. The summed E-state index contributed by atoms with van der Waals surface area (Å²) in [6.07, 6.45) is 0.887. The lowest BCUT2D eigenvalue weighted by Gasteiger charge is -2.13. The Morgan fingerprint density at radius 1 is 0.950 bits per heavy atom. The summed E-state index contributed by atoms with van der Waals surface area (Å²) >= 11 is 0. The van der Waals surface area contributed by atoms with E-state index in [-0.39, 0.29) is 0 Å². The molecule has 0 N–H and O–H groups in total. The van der Waals surface area contributed by atoms with E-state index in [9.17, 15) is 4.79 Å². The van der Waals surface area contributed by atoms with Crippen LogP contribution in [0.4, 0.5) is 0 Å². The van der Waals surface area contributed by atoms with Crippen molar-refractivity contribution < 1.29 is 14.3 Å². The number of carbonyl (C=O) groups is 1. The zero-order valence-corrected chi connectivity index (χ0v) is 11.3. The summed E-state index contributed by atoms with van der Waals surface area (Å²) in [6, 6.07) is 13.5. The van der Waals surface area contributed by atoms with Gasteiger partial charge in [-0.2, -0.15) is 0 Å². The van der Waals surface area contributed by atoms with E-state index in [2.05, 4.69) is 0 Å². The molecular formula is C17H14O3.